The molecule has 0 bridgehead atoms. The standard InChI is InChI=1S/C22H33NO5.C21H30O4.C20H28O3.C19H26O2/c1-22(2,3)23-10-12-26-14-13-25-11-4-5-19(24)8-6-18-7-9-20-21(17-18)28-16-15-27-20;1-21(2,3)14-7-15-24-16-17-25-20(22)9-6-5-8-18-10-12-19(23-4)13-11-18;1-20(2,3)15-7-8-16-23-19(21)10-6-5-9-17-11-13-18(22-4)14-12-17;1-19(2,3)15-9-10-16-21-18(20)14-8-7-13-17-11-5-4-6-12-17/h6-9,17,23H,4-5,10-16H2,1-3H3;5-6,8-13H,7,14-17H2,1-4H3;5-6,9-14H,7-8,15-16H2,1-4H3;4-8,11-14H,9-10,15-16H2,1-3H3/b8-6+;8-5+,9-6+;9-5+,10-6+;13-7+,14-8+. The van der Waals surface area contributed by atoms with Crippen LogP contribution in [0.3, 0.4) is 0 Å². The van der Waals surface area contributed by atoms with Crippen molar-refractivity contribution in [1.82, 2.24) is 5.32 Å². The molecule has 4 aromatic carbocycles. The van der Waals surface area contributed by atoms with E-state index in [1.54, 1.807) is 50.7 Å². The maximum atomic E-state index is 12.0. The van der Waals surface area contributed by atoms with E-state index in [-0.39, 0.29) is 35.8 Å². The van der Waals surface area contributed by atoms with Crippen LogP contribution in [0.25, 0.3) is 24.3 Å². The molecule has 0 aliphatic carbocycles. The molecule has 0 saturated heterocycles. The lowest BCUT2D eigenvalue weighted by Gasteiger charge is -2.20. The van der Waals surface area contributed by atoms with E-state index in [0.717, 1.165) is 103 Å². The first-order chi connectivity index (χ1) is 46.2. The molecule has 0 amide bonds. The number of fused-ring (bicyclic) bond motifs is 1. The third-order valence-electron chi connectivity index (χ3n) is 13.8. The van der Waals surface area contributed by atoms with Gasteiger partial charge in [-0.2, -0.15) is 0 Å². The first-order valence-electron chi connectivity index (χ1n) is 34.2. The van der Waals surface area contributed by atoms with E-state index < -0.39 is 0 Å². The van der Waals surface area contributed by atoms with Crippen molar-refractivity contribution in [1.29, 1.82) is 0 Å². The Labute approximate surface area is 582 Å². The third kappa shape index (κ3) is 51.1. The molecule has 4 aromatic rings. The number of hydrogen-bond acceptors (Lipinski definition) is 15. The Morgan fingerprint density at radius 1 is 0.402 bits per heavy atom. The van der Waals surface area contributed by atoms with Crippen molar-refractivity contribution >= 4 is 48.0 Å². The number of carbonyl (C=O) groups excluding carboxylic acids is 4. The fourth-order valence-corrected chi connectivity index (χ4v) is 8.51. The number of esters is 3. The Bertz CT molecular complexity index is 2980. The van der Waals surface area contributed by atoms with Gasteiger partial charge in [0.1, 0.15) is 31.3 Å². The summed E-state index contributed by atoms with van der Waals surface area (Å²) in [5, 5.41) is 3.36. The van der Waals surface area contributed by atoms with Gasteiger partial charge in [0, 0.05) is 49.9 Å². The largest absolute Gasteiger partial charge is 0.497 e. The van der Waals surface area contributed by atoms with Crippen molar-refractivity contribution in [2.45, 2.75) is 153 Å². The van der Waals surface area contributed by atoms with E-state index >= 15 is 0 Å². The minimum atomic E-state index is -0.363. The molecular weight excluding hydrogens is 1220 g/mol. The van der Waals surface area contributed by atoms with Gasteiger partial charge in [0.2, 0.25) is 0 Å². The predicted octanol–water partition coefficient (Wildman–Crippen LogP) is 17.9. The van der Waals surface area contributed by atoms with Crippen LogP contribution in [0.4, 0.5) is 0 Å². The Morgan fingerprint density at radius 2 is 0.814 bits per heavy atom. The summed E-state index contributed by atoms with van der Waals surface area (Å²) in [7, 11) is 3.28. The van der Waals surface area contributed by atoms with Crippen molar-refractivity contribution in [3.8, 4) is 23.0 Å². The van der Waals surface area contributed by atoms with Crippen molar-refractivity contribution in [2.75, 3.05) is 93.4 Å². The molecule has 0 radical (unpaired) electrons. The van der Waals surface area contributed by atoms with E-state index in [4.69, 9.17) is 47.4 Å². The van der Waals surface area contributed by atoms with Crippen LogP contribution in [0.15, 0.2) is 158 Å². The number of ketones is 1. The zero-order valence-electron chi connectivity index (χ0n) is 61.1. The Kier molecular flexibility index (Phi) is 44.4. The monoisotopic (exact) mass is 1340 g/mol. The second-order valence-corrected chi connectivity index (χ2v) is 27.6. The van der Waals surface area contributed by atoms with E-state index in [1.165, 1.54) is 18.2 Å². The minimum Gasteiger partial charge on any atom is -0.497 e. The van der Waals surface area contributed by atoms with Crippen molar-refractivity contribution in [3.63, 3.8) is 0 Å². The van der Waals surface area contributed by atoms with Crippen LogP contribution in [0.2, 0.25) is 0 Å². The van der Waals surface area contributed by atoms with Gasteiger partial charge in [-0.15, -0.1) is 0 Å². The predicted molar refractivity (Wildman–Crippen MR) is 396 cm³/mol. The average molecular weight is 1340 g/mol. The lowest BCUT2D eigenvalue weighted by Crippen LogP contribution is -2.38. The normalized spacial score (nSPS) is 12.6. The van der Waals surface area contributed by atoms with Crippen molar-refractivity contribution in [2.24, 2.45) is 16.2 Å². The minimum absolute atomic E-state index is 0.0861. The van der Waals surface area contributed by atoms with Gasteiger partial charge in [-0.25, -0.2) is 14.4 Å². The fourth-order valence-electron chi connectivity index (χ4n) is 8.51. The smallest absolute Gasteiger partial charge is 0.330 e. The molecule has 1 aliphatic rings. The zero-order chi connectivity index (χ0) is 71.5. The van der Waals surface area contributed by atoms with Gasteiger partial charge in [-0.05, 0) is 160 Å². The average Bonchev–Trinajstić information content (AvgIpc) is 0.906. The van der Waals surface area contributed by atoms with Crippen molar-refractivity contribution < 1.29 is 66.5 Å². The first kappa shape index (κ1) is 85.3. The van der Waals surface area contributed by atoms with E-state index in [1.807, 2.05) is 127 Å². The molecule has 1 aliphatic heterocycles. The van der Waals surface area contributed by atoms with Gasteiger partial charge in [0.05, 0.1) is 53.9 Å². The van der Waals surface area contributed by atoms with Gasteiger partial charge in [-0.3, -0.25) is 4.79 Å². The van der Waals surface area contributed by atoms with Gasteiger partial charge >= 0.3 is 17.9 Å². The molecule has 15 nitrogen and oxygen atoms in total. The number of rotatable bonds is 37. The van der Waals surface area contributed by atoms with E-state index in [0.29, 0.717) is 95.2 Å². The maximum absolute atomic E-state index is 12.0. The highest BCUT2D eigenvalue weighted by atomic mass is 16.6. The summed E-state index contributed by atoms with van der Waals surface area (Å²) in [6.45, 7) is 33.1. The number of nitrogens with one attached hydrogen (secondary N) is 1. The van der Waals surface area contributed by atoms with Crippen LogP contribution in [0, 0.1) is 16.2 Å². The molecule has 5 rings (SSSR count). The fraction of sp³-hybridized carbons (Fsp3) is 0.488. The summed E-state index contributed by atoms with van der Waals surface area (Å²) in [4.78, 5) is 46.5. The molecule has 0 atom stereocenters. The molecule has 15 heteroatoms. The van der Waals surface area contributed by atoms with Gasteiger partial charge in [0.15, 0.2) is 17.3 Å². The van der Waals surface area contributed by atoms with E-state index in [9.17, 15) is 19.2 Å². The molecule has 1 heterocycles. The molecule has 0 unspecified atom stereocenters. The van der Waals surface area contributed by atoms with Crippen LogP contribution in [0.1, 0.15) is 170 Å². The quantitative estimate of drug-likeness (QED) is 0.0148. The van der Waals surface area contributed by atoms with Crippen LogP contribution >= 0.6 is 0 Å². The lowest BCUT2D eigenvalue weighted by molar-refractivity contribution is -0.139. The molecule has 0 saturated carbocycles. The second-order valence-electron chi connectivity index (χ2n) is 27.6. The Morgan fingerprint density at radius 3 is 1.28 bits per heavy atom. The van der Waals surface area contributed by atoms with Gasteiger partial charge in [0.25, 0.3) is 0 Å². The van der Waals surface area contributed by atoms with Crippen LogP contribution in [0.5, 0.6) is 23.0 Å². The van der Waals surface area contributed by atoms with Gasteiger partial charge < -0.3 is 52.7 Å². The topological polar surface area (TPSA) is 173 Å². The molecule has 1 N–H and O–H groups in total. The maximum Gasteiger partial charge on any atom is 0.330 e. The molecule has 0 spiro atoms. The highest BCUT2D eigenvalue weighted by molar-refractivity contribution is 5.93. The number of ether oxygens (including phenoxy) is 10. The van der Waals surface area contributed by atoms with Gasteiger partial charge in [-0.1, -0.05) is 184 Å². The molecule has 0 aromatic heterocycles. The highest BCUT2D eigenvalue weighted by Gasteiger charge is 2.14. The number of unbranched alkanes of at least 4 members (excludes halogenated alkanes) is 2. The molecular formula is C82H117NO14. The van der Waals surface area contributed by atoms with Crippen molar-refractivity contribution in [3.05, 3.63) is 180 Å². The zero-order valence-corrected chi connectivity index (χ0v) is 61.1. The second kappa shape index (κ2) is 50.5. The molecule has 0 fully saturated rings. The lowest BCUT2D eigenvalue weighted by atomic mass is 9.90. The highest BCUT2D eigenvalue weighted by Crippen LogP contribution is 2.31. The number of hydrogen-bond donors (Lipinski definition) is 1. The SMILES string of the molecule is CC(C)(C)CCCCOC(=O)/C=C/C=C/c1ccccc1.CC(C)(C)NCCOCCOCCCC(=O)/C=C/c1ccc2c(c1)OCCO2.COc1ccc(/C=C/C=C/C(=O)OCCCCC(C)(C)C)cc1.COc1ccc(/C=C/C=C/C(=O)OCCOCCCC(C)(C)C)cc1. The number of methoxy groups -OCH3 is 2. The van der Waals surface area contributed by atoms with Crippen LogP contribution in [-0.4, -0.2) is 123 Å². The number of benzene rings is 4. The van der Waals surface area contributed by atoms with E-state index in [2.05, 4.69) is 88.4 Å². The number of allylic oxidation sites excluding steroid dienone is 7. The molecule has 97 heavy (non-hydrogen) atoms. The van der Waals surface area contributed by atoms with Crippen LogP contribution < -0.4 is 24.3 Å². The Balaban J connectivity index is 0.000000443. The summed E-state index contributed by atoms with van der Waals surface area (Å²) >= 11 is 0. The third-order valence-corrected chi connectivity index (χ3v) is 13.8. The summed E-state index contributed by atoms with van der Waals surface area (Å²) in [6.07, 6.45) is 33.7. The Hall–Kier alpha value is -7.82. The summed E-state index contributed by atoms with van der Waals surface area (Å²) in [5.74, 6) is 2.28. The van der Waals surface area contributed by atoms with Crippen LogP contribution in [-0.2, 0) is 47.6 Å². The summed E-state index contributed by atoms with van der Waals surface area (Å²) in [5.41, 5.74) is 5.25. The summed E-state index contributed by atoms with van der Waals surface area (Å²) in [6, 6.07) is 31.0. The summed E-state index contributed by atoms with van der Waals surface area (Å²) < 4.78 is 53.1. The first-order valence-corrected chi connectivity index (χ1v) is 34.2. The number of carbonyl (C=O) groups is 4. The molecule has 534 valence electrons.